The molecule has 0 aromatic heterocycles. The van der Waals surface area contributed by atoms with E-state index in [-0.39, 0.29) is 18.9 Å². The standard InChI is InChI=1S/C92H175NO18/c1-3-5-7-9-11-13-15-17-19-21-23-25-27-29-31-33-35-36-37-38-40-42-44-46-48-50-52-54-56-58-60-62-64-66-68-70-80(98)93-75(76(97)69-67-65-63-61-59-57-55-53-51-49-47-45-43-41-39-34-32-30-28-26-24-22-20-18-16-14-12-10-8-6-4-2)74-106-90-86(104)83(101)88(78(72-95)108-90)111-92-87(105)84(102)89(79(73-96)109-92)110-91-85(103)82(100)81(99)77(71-94)107-91/h59,61,67,69,75-79,81-92,94-97,99-105H,3-58,60,62-66,68,70-74H2,1-2H3,(H,93,98)/b61-59+,69-67+. The molecular formula is C92H175NO18. The lowest BCUT2D eigenvalue weighted by atomic mass is 9.96. The van der Waals surface area contributed by atoms with Crippen molar-refractivity contribution in [3.8, 4) is 0 Å². The average molecular weight is 1580 g/mol. The largest absolute Gasteiger partial charge is 0.394 e. The van der Waals surface area contributed by atoms with Crippen molar-refractivity contribution in [2.24, 2.45) is 0 Å². The first kappa shape index (κ1) is 103. The molecule has 0 aromatic rings. The van der Waals surface area contributed by atoms with Crippen LogP contribution in [0.4, 0.5) is 0 Å². The normalized spacial score (nSPS) is 25.1. The first-order valence-corrected chi connectivity index (χ1v) is 47.1. The number of allylic oxidation sites excluding steroid dienone is 3. The van der Waals surface area contributed by atoms with E-state index in [0.717, 1.165) is 38.5 Å². The van der Waals surface area contributed by atoms with Gasteiger partial charge in [-0.3, -0.25) is 4.79 Å². The van der Waals surface area contributed by atoms with Crippen LogP contribution < -0.4 is 5.32 Å². The smallest absolute Gasteiger partial charge is 0.220 e. The Kier molecular flexibility index (Phi) is 67.4. The third kappa shape index (κ3) is 50.7. The van der Waals surface area contributed by atoms with E-state index in [0.29, 0.717) is 12.8 Å². The summed E-state index contributed by atoms with van der Waals surface area (Å²) in [7, 11) is 0. The van der Waals surface area contributed by atoms with E-state index in [1.807, 2.05) is 6.08 Å². The number of aliphatic hydroxyl groups is 11. The Balaban J connectivity index is 1.32. The van der Waals surface area contributed by atoms with E-state index in [1.165, 1.54) is 353 Å². The van der Waals surface area contributed by atoms with Crippen LogP contribution in [0.3, 0.4) is 0 Å². The van der Waals surface area contributed by atoms with Gasteiger partial charge in [0.25, 0.3) is 0 Å². The molecule has 0 bridgehead atoms. The average Bonchev–Trinajstić information content (AvgIpc) is 0.780. The number of carbonyl (C=O) groups excluding carboxylic acids is 1. The molecule has 19 heteroatoms. The van der Waals surface area contributed by atoms with Gasteiger partial charge in [0.1, 0.15) is 73.2 Å². The lowest BCUT2D eigenvalue weighted by molar-refractivity contribution is -0.379. The Labute approximate surface area is 677 Å². The molecular weight excluding hydrogens is 1410 g/mol. The van der Waals surface area contributed by atoms with Crippen LogP contribution in [0.5, 0.6) is 0 Å². The highest BCUT2D eigenvalue weighted by molar-refractivity contribution is 5.76. The first-order valence-electron chi connectivity index (χ1n) is 47.1. The second-order valence-corrected chi connectivity index (χ2v) is 33.8. The number of aliphatic hydroxyl groups excluding tert-OH is 11. The molecule has 0 spiro atoms. The van der Waals surface area contributed by atoms with Gasteiger partial charge in [-0.2, -0.15) is 0 Å². The molecule has 12 N–H and O–H groups in total. The Bertz CT molecular complexity index is 2090. The number of nitrogens with one attached hydrogen (secondary N) is 1. The lowest BCUT2D eigenvalue weighted by Gasteiger charge is -2.48. The highest BCUT2D eigenvalue weighted by atomic mass is 16.8. The van der Waals surface area contributed by atoms with Crippen LogP contribution in [0.25, 0.3) is 0 Å². The second kappa shape index (κ2) is 72.3. The summed E-state index contributed by atoms with van der Waals surface area (Å²) in [5, 5.41) is 121. The molecule has 17 unspecified atom stereocenters. The molecule has 3 rings (SSSR count). The first-order chi connectivity index (χ1) is 54.3. The second-order valence-electron chi connectivity index (χ2n) is 33.8. The monoisotopic (exact) mass is 1580 g/mol. The van der Waals surface area contributed by atoms with Gasteiger partial charge in [-0.15, -0.1) is 0 Å². The Hall–Kier alpha value is -1.73. The highest BCUT2D eigenvalue weighted by Crippen LogP contribution is 2.34. The summed E-state index contributed by atoms with van der Waals surface area (Å²) in [5.41, 5.74) is 0. The Morgan fingerprint density at radius 2 is 0.577 bits per heavy atom. The van der Waals surface area contributed by atoms with Gasteiger partial charge in [0.15, 0.2) is 18.9 Å². The van der Waals surface area contributed by atoms with Gasteiger partial charge in [-0.25, -0.2) is 0 Å². The fraction of sp³-hybridized carbons (Fsp3) is 0.946. The number of rotatable bonds is 78. The lowest BCUT2D eigenvalue weighted by Crippen LogP contribution is -2.66. The van der Waals surface area contributed by atoms with Gasteiger partial charge in [0.2, 0.25) is 5.91 Å². The molecule has 3 fully saturated rings. The number of unbranched alkanes of at least 4 members (excludes halogenated alkanes) is 60. The fourth-order valence-corrected chi connectivity index (χ4v) is 16.3. The summed E-state index contributed by atoms with van der Waals surface area (Å²) in [6.07, 6.45) is 65.0. The van der Waals surface area contributed by atoms with Crippen LogP contribution >= 0.6 is 0 Å². The van der Waals surface area contributed by atoms with E-state index in [4.69, 9.17) is 28.4 Å². The zero-order valence-electron chi connectivity index (χ0n) is 71.0. The summed E-state index contributed by atoms with van der Waals surface area (Å²) in [6, 6.07) is -0.990. The molecule has 1 amide bonds. The molecule has 0 radical (unpaired) electrons. The van der Waals surface area contributed by atoms with Gasteiger partial charge in [0.05, 0.1) is 38.6 Å². The predicted octanol–water partition coefficient (Wildman–Crippen LogP) is 18.4. The fourth-order valence-electron chi connectivity index (χ4n) is 16.3. The molecule has 17 atom stereocenters. The van der Waals surface area contributed by atoms with Gasteiger partial charge in [-0.05, 0) is 32.1 Å². The van der Waals surface area contributed by atoms with Crippen molar-refractivity contribution in [3.63, 3.8) is 0 Å². The third-order valence-electron chi connectivity index (χ3n) is 23.8. The summed E-state index contributed by atoms with van der Waals surface area (Å²) >= 11 is 0. The maximum absolute atomic E-state index is 13.5. The van der Waals surface area contributed by atoms with E-state index < -0.39 is 124 Å². The van der Waals surface area contributed by atoms with Crippen LogP contribution in [0.15, 0.2) is 24.3 Å². The highest BCUT2D eigenvalue weighted by Gasteiger charge is 2.54. The van der Waals surface area contributed by atoms with E-state index in [9.17, 15) is 61.0 Å². The number of hydrogen-bond donors (Lipinski definition) is 12. The molecule has 3 heterocycles. The molecule has 3 aliphatic heterocycles. The molecule has 0 aromatic carbocycles. The molecule has 111 heavy (non-hydrogen) atoms. The quantitative estimate of drug-likeness (QED) is 0.0199. The minimum absolute atomic E-state index is 0.242. The van der Waals surface area contributed by atoms with Crippen molar-refractivity contribution in [2.75, 3.05) is 26.4 Å². The number of hydrogen-bond acceptors (Lipinski definition) is 18. The van der Waals surface area contributed by atoms with E-state index in [1.54, 1.807) is 6.08 Å². The van der Waals surface area contributed by atoms with Crippen LogP contribution in [0, 0.1) is 0 Å². The molecule has 0 aliphatic carbocycles. The minimum atomic E-state index is -1.98. The van der Waals surface area contributed by atoms with Gasteiger partial charge in [-0.1, -0.05) is 411 Å². The van der Waals surface area contributed by atoms with E-state index >= 15 is 0 Å². The number of ether oxygens (including phenoxy) is 6. The topological polar surface area (TPSA) is 307 Å². The molecule has 3 aliphatic rings. The summed E-state index contributed by atoms with van der Waals surface area (Å²) in [6.45, 7) is 1.80. The van der Waals surface area contributed by atoms with Gasteiger partial charge in [0, 0.05) is 6.42 Å². The van der Waals surface area contributed by atoms with Crippen molar-refractivity contribution < 1.29 is 89.4 Å². The Morgan fingerprint density at radius 3 is 0.901 bits per heavy atom. The van der Waals surface area contributed by atoms with Crippen molar-refractivity contribution >= 4 is 5.91 Å². The maximum Gasteiger partial charge on any atom is 0.220 e. The zero-order chi connectivity index (χ0) is 80.3. The molecule has 0 saturated carbocycles. The van der Waals surface area contributed by atoms with Crippen molar-refractivity contribution in [2.45, 2.75) is 529 Å². The molecule has 656 valence electrons. The van der Waals surface area contributed by atoms with Crippen LogP contribution in [-0.4, -0.2) is 193 Å². The maximum atomic E-state index is 13.5. The minimum Gasteiger partial charge on any atom is -0.394 e. The van der Waals surface area contributed by atoms with Crippen molar-refractivity contribution in [1.82, 2.24) is 5.32 Å². The van der Waals surface area contributed by atoms with Crippen LogP contribution in [0.1, 0.15) is 425 Å². The van der Waals surface area contributed by atoms with Gasteiger partial charge < -0.3 is 89.9 Å². The van der Waals surface area contributed by atoms with Gasteiger partial charge >= 0.3 is 0 Å². The van der Waals surface area contributed by atoms with Crippen LogP contribution in [0.2, 0.25) is 0 Å². The van der Waals surface area contributed by atoms with E-state index in [2.05, 4.69) is 31.3 Å². The summed E-state index contributed by atoms with van der Waals surface area (Å²) in [4.78, 5) is 13.5. The van der Waals surface area contributed by atoms with Crippen molar-refractivity contribution in [1.29, 1.82) is 0 Å². The zero-order valence-corrected chi connectivity index (χ0v) is 71.0. The molecule has 19 nitrogen and oxygen atoms in total. The molecule has 3 saturated heterocycles. The predicted molar refractivity (Wildman–Crippen MR) is 448 cm³/mol. The SMILES string of the molecule is CCCCCCCCCCCCCCCCCCCCCCCCCCC/C=C/CC/C=C/C(O)C(COC1OC(CO)C(OC2OC(CO)C(OC3OC(CO)C(O)C(O)C3O)C(O)C2O)C(O)C1O)NC(=O)CCCCCCCCCCCCCCCCCCCCCCCCCCCCCCCCCCCCC. The number of amides is 1. The summed E-state index contributed by atoms with van der Waals surface area (Å²) < 4.78 is 34.5. The number of carbonyl (C=O) groups is 1. The summed E-state index contributed by atoms with van der Waals surface area (Å²) in [5.74, 6) is -0.275. The van der Waals surface area contributed by atoms with Crippen molar-refractivity contribution in [3.05, 3.63) is 24.3 Å². The Morgan fingerprint density at radius 1 is 0.315 bits per heavy atom. The van der Waals surface area contributed by atoms with Crippen LogP contribution in [-0.2, 0) is 33.2 Å². The third-order valence-corrected chi connectivity index (χ3v) is 23.8.